The molecule has 0 aliphatic carbocycles. The Morgan fingerprint density at radius 1 is 1.35 bits per heavy atom. The van der Waals surface area contributed by atoms with Gasteiger partial charge in [0.2, 0.25) is 5.91 Å². The van der Waals surface area contributed by atoms with Gasteiger partial charge in [0.15, 0.2) is 0 Å². The Labute approximate surface area is 131 Å². The topological polar surface area (TPSA) is 57.6 Å². The maximum absolute atomic E-state index is 13.0. The van der Waals surface area contributed by atoms with Crippen LogP contribution >= 0.6 is 0 Å². The van der Waals surface area contributed by atoms with Crippen molar-refractivity contribution in [2.45, 2.75) is 31.9 Å². The number of benzene rings is 1. The molecule has 1 aromatic carbocycles. The summed E-state index contributed by atoms with van der Waals surface area (Å²) in [6, 6.07) is 5.22. The first-order chi connectivity index (χ1) is 10.7. The zero-order chi connectivity index (χ0) is 17.2. The molecule has 1 N–H and O–H groups in total. The number of carbonyl (C=O) groups excluding carboxylic acids is 1. The highest BCUT2D eigenvalue weighted by Crippen LogP contribution is 2.36. The number of rotatable bonds is 4. The fourth-order valence-corrected chi connectivity index (χ4v) is 2.87. The lowest BCUT2D eigenvalue weighted by Gasteiger charge is -2.21. The largest absolute Gasteiger partial charge is 0.481 e. The summed E-state index contributed by atoms with van der Waals surface area (Å²) in [4.78, 5) is 24.5. The highest BCUT2D eigenvalue weighted by atomic mass is 19.4. The van der Waals surface area contributed by atoms with Gasteiger partial charge in [0.25, 0.3) is 0 Å². The van der Waals surface area contributed by atoms with Crippen LogP contribution in [-0.4, -0.2) is 35.0 Å². The number of alkyl halides is 3. The van der Waals surface area contributed by atoms with Crippen molar-refractivity contribution in [3.05, 3.63) is 35.4 Å². The minimum Gasteiger partial charge on any atom is -0.481 e. The molecule has 0 aromatic heterocycles. The summed E-state index contributed by atoms with van der Waals surface area (Å²) in [6.45, 7) is 2.04. The fraction of sp³-hybridized carbons (Fsp3) is 0.500. The monoisotopic (exact) mass is 329 g/mol. The van der Waals surface area contributed by atoms with E-state index >= 15 is 0 Å². The molecule has 2 rings (SSSR count). The van der Waals surface area contributed by atoms with Crippen molar-refractivity contribution in [1.82, 2.24) is 4.90 Å². The van der Waals surface area contributed by atoms with Crippen LogP contribution in [0.3, 0.4) is 0 Å². The van der Waals surface area contributed by atoms with Gasteiger partial charge in [-0.2, -0.15) is 13.2 Å². The van der Waals surface area contributed by atoms with Gasteiger partial charge in [0.05, 0.1) is 11.5 Å². The van der Waals surface area contributed by atoms with Gasteiger partial charge < -0.3 is 10.0 Å². The van der Waals surface area contributed by atoms with E-state index in [4.69, 9.17) is 5.11 Å². The summed E-state index contributed by atoms with van der Waals surface area (Å²) in [5.41, 5.74) is -0.646. The van der Waals surface area contributed by atoms with E-state index in [1.54, 1.807) is 6.92 Å². The number of hydrogen-bond acceptors (Lipinski definition) is 2. The summed E-state index contributed by atoms with van der Waals surface area (Å²) >= 11 is 0. The lowest BCUT2D eigenvalue weighted by Crippen LogP contribution is -2.30. The number of carboxylic acids is 1. The van der Waals surface area contributed by atoms with Crippen molar-refractivity contribution in [3.8, 4) is 0 Å². The summed E-state index contributed by atoms with van der Waals surface area (Å²) in [5.74, 6) is -2.44. The molecular formula is C16H18F3NO3. The number of likely N-dealkylation sites (tertiary alicyclic amines) is 1. The van der Waals surface area contributed by atoms with Gasteiger partial charge in [-0.05, 0) is 24.0 Å². The molecule has 1 aliphatic rings. The van der Waals surface area contributed by atoms with Gasteiger partial charge in [0, 0.05) is 19.5 Å². The number of carboxylic acid groups (broad SMARTS) is 1. The Balaban J connectivity index is 2.07. The van der Waals surface area contributed by atoms with Gasteiger partial charge in [-0.3, -0.25) is 9.59 Å². The average Bonchev–Trinajstić information content (AvgIpc) is 2.96. The second kappa shape index (κ2) is 6.60. The standard InChI is InChI=1S/C16H18F3NO3/c1-10(12-4-2-3-5-13(12)16(17,18)19)8-14(21)20-7-6-11(9-20)15(22)23/h2-5,10-11H,6-9H2,1H3,(H,22,23). The molecule has 1 fully saturated rings. The van der Waals surface area contributed by atoms with Crippen molar-refractivity contribution in [3.63, 3.8) is 0 Å². The van der Waals surface area contributed by atoms with Gasteiger partial charge in [-0.1, -0.05) is 25.1 Å². The van der Waals surface area contributed by atoms with E-state index in [0.717, 1.165) is 6.07 Å². The first-order valence-corrected chi connectivity index (χ1v) is 7.37. The van der Waals surface area contributed by atoms with Gasteiger partial charge in [-0.15, -0.1) is 0 Å². The Hall–Kier alpha value is -2.05. The Morgan fingerprint density at radius 3 is 2.57 bits per heavy atom. The van der Waals surface area contributed by atoms with Crippen LogP contribution in [0.15, 0.2) is 24.3 Å². The van der Waals surface area contributed by atoms with E-state index in [9.17, 15) is 22.8 Å². The van der Waals surface area contributed by atoms with E-state index in [-0.39, 0.29) is 24.4 Å². The molecule has 2 unspecified atom stereocenters. The van der Waals surface area contributed by atoms with Crippen LogP contribution in [0.1, 0.15) is 36.8 Å². The first-order valence-electron chi connectivity index (χ1n) is 7.37. The maximum Gasteiger partial charge on any atom is 0.416 e. The van der Waals surface area contributed by atoms with Crippen LogP contribution in [0.2, 0.25) is 0 Å². The van der Waals surface area contributed by atoms with E-state index in [2.05, 4.69) is 0 Å². The zero-order valence-electron chi connectivity index (χ0n) is 12.6. The molecule has 1 aromatic rings. The summed E-state index contributed by atoms with van der Waals surface area (Å²) in [6.07, 6.45) is -4.15. The lowest BCUT2D eigenvalue weighted by molar-refractivity contribution is -0.142. The van der Waals surface area contributed by atoms with Crippen LogP contribution in [0.4, 0.5) is 13.2 Å². The average molecular weight is 329 g/mol. The molecule has 1 heterocycles. The number of hydrogen-bond donors (Lipinski definition) is 1. The Kier molecular flexibility index (Phi) is 4.97. The van der Waals surface area contributed by atoms with Crippen molar-refractivity contribution < 1.29 is 27.9 Å². The van der Waals surface area contributed by atoms with E-state index in [1.807, 2.05) is 0 Å². The molecule has 2 atom stereocenters. The van der Waals surface area contributed by atoms with Crippen molar-refractivity contribution in [1.29, 1.82) is 0 Å². The van der Waals surface area contributed by atoms with Crippen LogP contribution in [0, 0.1) is 5.92 Å². The molecule has 0 spiro atoms. The van der Waals surface area contributed by atoms with E-state index in [1.165, 1.54) is 23.1 Å². The number of aliphatic carboxylic acids is 1. The first kappa shape index (κ1) is 17.3. The molecule has 126 valence electrons. The van der Waals surface area contributed by atoms with Crippen molar-refractivity contribution in [2.75, 3.05) is 13.1 Å². The summed E-state index contributed by atoms with van der Waals surface area (Å²) < 4.78 is 39.1. The van der Waals surface area contributed by atoms with E-state index < -0.39 is 29.5 Å². The Morgan fingerprint density at radius 2 is 2.00 bits per heavy atom. The third kappa shape index (κ3) is 4.03. The minimum atomic E-state index is -4.46. The van der Waals surface area contributed by atoms with Crippen LogP contribution < -0.4 is 0 Å². The van der Waals surface area contributed by atoms with Gasteiger partial charge in [0.1, 0.15) is 0 Å². The number of carbonyl (C=O) groups is 2. The molecule has 1 amide bonds. The van der Waals surface area contributed by atoms with E-state index in [0.29, 0.717) is 13.0 Å². The molecule has 1 saturated heterocycles. The predicted molar refractivity (Wildman–Crippen MR) is 76.8 cm³/mol. The normalized spacial score (nSPS) is 19.7. The molecule has 0 radical (unpaired) electrons. The number of nitrogens with zero attached hydrogens (tertiary/aromatic N) is 1. The highest BCUT2D eigenvalue weighted by Gasteiger charge is 2.35. The molecular weight excluding hydrogens is 311 g/mol. The Bertz CT molecular complexity index is 600. The van der Waals surface area contributed by atoms with Gasteiger partial charge in [-0.25, -0.2) is 0 Å². The number of amides is 1. The van der Waals surface area contributed by atoms with Crippen LogP contribution in [-0.2, 0) is 15.8 Å². The maximum atomic E-state index is 13.0. The molecule has 4 nitrogen and oxygen atoms in total. The molecule has 1 aliphatic heterocycles. The highest BCUT2D eigenvalue weighted by molar-refractivity contribution is 5.79. The molecule has 23 heavy (non-hydrogen) atoms. The second-order valence-electron chi connectivity index (χ2n) is 5.85. The van der Waals surface area contributed by atoms with Gasteiger partial charge >= 0.3 is 12.1 Å². The zero-order valence-corrected chi connectivity index (χ0v) is 12.6. The quantitative estimate of drug-likeness (QED) is 0.923. The third-order valence-corrected chi connectivity index (χ3v) is 4.17. The van der Waals surface area contributed by atoms with Crippen molar-refractivity contribution in [2.24, 2.45) is 5.92 Å². The molecule has 0 bridgehead atoms. The van der Waals surface area contributed by atoms with Crippen LogP contribution in [0.25, 0.3) is 0 Å². The lowest BCUT2D eigenvalue weighted by atomic mass is 9.92. The second-order valence-corrected chi connectivity index (χ2v) is 5.85. The fourth-order valence-electron chi connectivity index (χ4n) is 2.87. The molecule has 0 saturated carbocycles. The summed E-state index contributed by atoms with van der Waals surface area (Å²) in [5, 5.41) is 8.94. The smallest absolute Gasteiger partial charge is 0.416 e. The summed E-state index contributed by atoms with van der Waals surface area (Å²) in [7, 11) is 0. The third-order valence-electron chi connectivity index (χ3n) is 4.17. The minimum absolute atomic E-state index is 0.0700. The van der Waals surface area contributed by atoms with Crippen molar-refractivity contribution >= 4 is 11.9 Å². The molecule has 7 heteroatoms. The SMILES string of the molecule is CC(CC(=O)N1CCC(C(=O)O)C1)c1ccccc1C(F)(F)F. The van der Waals surface area contributed by atoms with Crippen LogP contribution in [0.5, 0.6) is 0 Å². The predicted octanol–water partition coefficient (Wildman–Crippen LogP) is 3.13. The number of halogens is 3.